The smallest absolute Gasteiger partial charge is 0.0954 e. The molecule has 0 saturated carbocycles. The van der Waals surface area contributed by atoms with Gasteiger partial charge < -0.3 is 5.73 Å². The summed E-state index contributed by atoms with van der Waals surface area (Å²) in [7, 11) is 0. The zero-order valence-electron chi connectivity index (χ0n) is 9.35. The molecule has 0 spiro atoms. The molecule has 2 N–H and O–H groups in total. The second-order valence-corrected chi connectivity index (χ2v) is 6.13. The van der Waals surface area contributed by atoms with Crippen LogP contribution in [0.25, 0.3) is 10.2 Å². The highest BCUT2D eigenvalue weighted by Gasteiger charge is 2.08. The van der Waals surface area contributed by atoms with Crippen LogP contribution in [0.1, 0.15) is 11.9 Å². The van der Waals surface area contributed by atoms with Crippen LogP contribution in [-0.2, 0) is 6.42 Å². The van der Waals surface area contributed by atoms with Gasteiger partial charge in [-0.2, -0.15) is 11.8 Å². The van der Waals surface area contributed by atoms with Crippen molar-refractivity contribution in [3.8, 4) is 0 Å². The Morgan fingerprint density at radius 3 is 3.00 bits per heavy atom. The molecule has 1 unspecified atom stereocenters. The van der Waals surface area contributed by atoms with Gasteiger partial charge in [0, 0.05) is 18.2 Å². The summed E-state index contributed by atoms with van der Waals surface area (Å²) in [6.45, 7) is 2.16. The summed E-state index contributed by atoms with van der Waals surface area (Å²) in [6.07, 6.45) is 0.895. The Labute approximate surface area is 104 Å². The first-order chi connectivity index (χ1) is 7.79. The lowest BCUT2D eigenvalue weighted by atomic mass is 10.2. The van der Waals surface area contributed by atoms with Crippen LogP contribution in [0.15, 0.2) is 24.3 Å². The molecule has 86 valence electrons. The van der Waals surface area contributed by atoms with Crippen molar-refractivity contribution in [3.05, 3.63) is 29.3 Å². The van der Waals surface area contributed by atoms with Gasteiger partial charge in [-0.05, 0) is 17.9 Å². The first kappa shape index (κ1) is 11.9. The molecule has 0 fully saturated rings. The van der Waals surface area contributed by atoms with Crippen molar-refractivity contribution in [1.82, 2.24) is 4.98 Å². The highest BCUT2D eigenvalue weighted by atomic mass is 32.2. The van der Waals surface area contributed by atoms with E-state index in [9.17, 15) is 0 Å². The summed E-state index contributed by atoms with van der Waals surface area (Å²) in [6, 6.07) is 8.48. The Bertz CT molecular complexity index is 420. The van der Waals surface area contributed by atoms with Gasteiger partial charge in [-0.1, -0.05) is 19.1 Å². The maximum atomic E-state index is 6.06. The molecule has 0 aliphatic carbocycles. The fraction of sp³-hybridized carbons (Fsp3) is 0.417. The second-order valence-electron chi connectivity index (χ2n) is 3.70. The Kier molecular flexibility index (Phi) is 4.21. The van der Waals surface area contributed by atoms with E-state index >= 15 is 0 Å². The van der Waals surface area contributed by atoms with E-state index in [1.807, 2.05) is 17.8 Å². The van der Waals surface area contributed by atoms with Gasteiger partial charge in [-0.25, -0.2) is 4.98 Å². The molecule has 2 nitrogen and oxygen atoms in total. The van der Waals surface area contributed by atoms with Crippen molar-refractivity contribution in [2.75, 3.05) is 11.5 Å². The highest BCUT2D eigenvalue weighted by molar-refractivity contribution is 7.99. The highest BCUT2D eigenvalue weighted by Crippen LogP contribution is 2.22. The summed E-state index contributed by atoms with van der Waals surface area (Å²) in [4.78, 5) is 4.59. The summed E-state index contributed by atoms with van der Waals surface area (Å²) in [5, 5.41) is 1.16. The van der Waals surface area contributed by atoms with Gasteiger partial charge in [-0.15, -0.1) is 11.3 Å². The summed E-state index contributed by atoms with van der Waals surface area (Å²) >= 11 is 3.65. The number of thioether (sulfide) groups is 1. The summed E-state index contributed by atoms with van der Waals surface area (Å²) in [5.74, 6) is 2.15. The molecule has 2 rings (SSSR count). The zero-order valence-corrected chi connectivity index (χ0v) is 11.0. The Morgan fingerprint density at radius 1 is 1.44 bits per heavy atom. The largest absolute Gasteiger partial charge is 0.327 e. The van der Waals surface area contributed by atoms with Crippen LogP contribution in [0.5, 0.6) is 0 Å². The van der Waals surface area contributed by atoms with Crippen LogP contribution in [0.2, 0.25) is 0 Å². The van der Waals surface area contributed by atoms with Crippen molar-refractivity contribution in [3.63, 3.8) is 0 Å². The van der Waals surface area contributed by atoms with E-state index in [0.717, 1.165) is 28.5 Å². The van der Waals surface area contributed by atoms with Gasteiger partial charge in [0.25, 0.3) is 0 Å². The quantitative estimate of drug-likeness (QED) is 0.889. The van der Waals surface area contributed by atoms with Gasteiger partial charge in [0.15, 0.2) is 0 Å². The molecule has 1 aromatic carbocycles. The third-order valence-corrected chi connectivity index (χ3v) is 4.44. The molecule has 1 heterocycles. The lowest BCUT2D eigenvalue weighted by Gasteiger charge is -2.07. The molecule has 0 saturated heterocycles. The maximum Gasteiger partial charge on any atom is 0.0954 e. The molecule has 0 aliphatic rings. The molecule has 1 aromatic heterocycles. The normalized spacial score (nSPS) is 13.1. The number of hydrogen-bond acceptors (Lipinski definition) is 4. The third kappa shape index (κ3) is 2.97. The topological polar surface area (TPSA) is 38.9 Å². The molecule has 1 atom stereocenters. The van der Waals surface area contributed by atoms with E-state index in [1.54, 1.807) is 11.3 Å². The number of thiazole rings is 1. The van der Waals surface area contributed by atoms with Gasteiger partial charge >= 0.3 is 0 Å². The molecular formula is C12H16N2S2. The van der Waals surface area contributed by atoms with Crippen molar-refractivity contribution < 1.29 is 0 Å². The van der Waals surface area contributed by atoms with Crippen LogP contribution in [0, 0.1) is 0 Å². The molecule has 16 heavy (non-hydrogen) atoms. The molecule has 4 heteroatoms. The van der Waals surface area contributed by atoms with Crippen molar-refractivity contribution in [2.24, 2.45) is 5.73 Å². The van der Waals surface area contributed by atoms with E-state index in [0.29, 0.717) is 0 Å². The Hall–Kier alpha value is -0.580. The third-order valence-electron chi connectivity index (χ3n) is 2.31. The number of para-hydroxylation sites is 1. The second kappa shape index (κ2) is 5.66. The van der Waals surface area contributed by atoms with Crippen LogP contribution >= 0.6 is 23.1 Å². The molecule has 0 radical (unpaired) electrons. The lowest BCUT2D eigenvalue weighted by Crippen LogP contribution is -2.25. The van der Waals surface area contributed by atoms with E-state index in [2.05, 4.69) is 30.1 Å². The minimum absolute atomic E-state index is 0.227. The zero-order chi connectivity index (χ0) is 11.4. The van der Waals surface area contributed by atoms with Crippen molar-refractivity contribution >= 4 is 33.3 Å². The Balaban J connectivity index is 2.03. The molecule has 0 amide bonds. The Morgan fingerprint density at radius 2 is 2.25 bits per heavy atom. The van der Waals surface area contributed by atoms with Gasteiger partial charge in [0.2, 0.25) is 0 Å². The van der Waals surface area contributed by atoms with Crippen LogP contribution < -0.4 is 5.73 Å². The molecule has 0 aliphatic heterocycles. The van der Waals surface area contributed by atoms with Gasteiger partial charge in [0.1, 0.15) is 0 Å². The van der Waals surface area contributed by atoms with E-state index in [4.69, 9.17) is 5.73 Å². The maximum absolute atomic E-state index is 6.06. The van der Waals surface area contributed by atoms with Crippen molar-refractivity contribution in [1.29, 1.82) is 0 Å². The van der Waals surface area contributed by atoms with E-state index < -0.39 is 0 Å². The van der Waals surface area contributed by atoms with Gasteiger partial charge in [0.05, 0.1) is 15.2 Å². The molecular weight excluding hydrogens is 236 g/mol. The monoisotopic (exact) mass is 252 g/mol. The number of nitrogens with zero attached hydrogens (tertiary/aromatic N) is 1. The first-order valence-corrected chi connectivity index (χ1v) is 7.44. The van der Waals surface area contributed by atoms with Gasteiger partial charge in [-0.3, -0.25) is 0 Å². The van der Waals surface area contributed by atoms with Crippen LogP contribution in [0.4, 0.5) is 0 Å². The van der Waals surface area contributed by atoms with Crippen LogP contribution in [0.3, 0.4) is 0 Å². The van der Waals surface area contributed by atoms with E-state index in [1.165, 1.54) is 4.70 Å². The summed E-state index contributed by atoms with van der Waals surface area (Å²) < 4.78 is 1.26. The first-order valence-electron chi connectivity index (χ1n) is 5.47. The minimum Gasteiger partial charge on any atom is -0.327 e. The number of fused-ring (bicyclic) bond motifs is 1. The fourth-order valence-corrected chi connectivity index (χ4v) is 3.28. The number of rotatable bonds is 5. The predicted molar refractivity (Wildman–Crippen MR) is 74.3 cm³/mol. The fourth-order valence-electron chi connectivity index (χ4n) is 1.56. The summed E-state index contributed by atoms with van der Waals surface area (Å²) in [5.41, 5.74) is 7.15. The predicted octanol–water partition coefficient (Wildman–Crippen LogP) is 2.92. The average Bonchev–Trinajstić information content (AvgIpc) is 2.68. The number of aromatic nitrogens is 1. The molecule has 2 aromatic rings. The molecule has 0 bridgehead atoms. The lowest BCUT2D eigenvalue weighted by molar-refractivity contribution is 0.746. The number of benzene rings is 1. The standard InChI is InChI=1S/C12H16N2S2/c1-2-15-8-9(13)7-12-14-10-5-3-4-6-11(10)16-12/h3-6,9H,2,7-8,13H2,1H3. The van der Waals surface area contributed by atoms with Crippen molar-refractivity contribution in [2.45, 2.75) is 19.4 Å². The van der Waals surface area contributed by atoms with Crippen LogP contribution in [-0.4, -0.2) is 22.5 Å². The number of hydrogen-bond donors (Lipinski definition) is 1. The SMILES string of the molecule is CCSCC(N)Cc1nc2ccccc2s1. The minimum atomic E-state index is 0.227. The average molecular weight is 252 g/mol. The number of nitrogens with two attached hydrogens (primary N) is 1. The van der Waals surface area contributed by atoms with E-state index in [-0.39, 0.29) is 6.04 Å².